The molecule has 0 amide bonds. The quantitative estimate of drug-likeness (QED) is 0.546. The molecule has 0 fully saturated rings. The van der Waals surface area contributed by atoms with Crippen molar-refractivity contribution < 1.29 is 9.47 Å². The fourth-order valence-electron chi connectivity index (χ4n) is 1.33. The highest BCUT2D eigenvalue weighted by atomic mass is 16.5. The lowest BCUT2D eigenvalue weighted by molar-refractivity contribution is -0.594. The van der Waals surface area contributed by atoms with Gasteiger partial charge in [0.25, 0.3) is 0 Å². The van der Waals surface area contributed by atoms with Crippen molar-refractivity contribution in [3.05, 3.63) is 48.1 Å². The minimum atomic E-state index is 0.511. The lowest BCUT2D eigenvalue weighted by atomic mass is 10.1. The molecule has 4 heteroatoms. The van der Waals surface area contributed by atoms with Gasteiger partial charge in [-0.15, -0.1) is 0 Å². The van der Waals surface area contributed by atoms with Gasteiger partial charge in [0, 0.05) is 0 Å². The van der Waals surface area contributed by atoms with Gasteiger partial charge in [-0.05, 0) is 18.2 Å². The molecule has 0 saturated heterocycles. The van der Waals surface area contributed by atoms with Crippen LogP contribution in [-0.4, -0.2) is 12.1 Å². The van der Waals surface area contributed by atoms with E-state index < -0.39 is 0 Å². The number of hydrogen-bond donors (Lipinski definition) is 0. The summed E-state index contributed by atoms with van der Waals surface area (Å²) in [5.74, 6) is 0.719. The van der Waals surface area contributed by atoms with E-state index in [0.717, 1.165) is 16.0 Å². The van der Waals surface area contributed by atoms with Crippen LogP contribution in [0.3, 0.4) is 0 Å². The average Bonchev–Trinajstić information content (AvgIpc) is 2.30. The van der Waals surface area contributed by atoms with E-state index in [2.05, 4.69) is 4.98 Å². The highest BCUT2D eigenvalue weighted by Crippen LogP contribution is 2.19. The molecular weight excluding hydrogens is 192 g/mol. The molecule has 1 aromatic heterocycles. The van der Waals surface area contributed by atoms with E-state index in [4.69, 9.17) is 4.74 Å². The zero-order chi connectivity index (χ0) is 10.7. The van der Waals surface area contributed by atoms with Crippen molar-refractivity contribution in [3.63, 3.8) is 0 Å². The Morgan fingerprint density at radius 2 is 2.27 bits per heavy atom. The summed E-state index contributed by atoms with van der Waals surface area (Å²) in [6.07, 6.45) is 4.35. The van der Waals surface area contributed by atoms with Gasteiger partial charge in [-0.25, -0.2) is 0 Å². The van der Waals surface area contributed by atoms with Crippen LogP contribution in [0.4, 0.5) is 0 Å². The van der Waals surface area contributed by atoms with Gasteiger partial charge < -0.3 is 9.94 Å². The minimum absolute atomic E-state index is 0.511. The fourth-order valence-corrected chi connectivity index (χ4v) is 1.33. The molecule has 0 spiro atoms. The summed E-state index contributed by atoms with van der Waals surface area (Å²) >= 11 is 0. The lowest BCUT2D eigenvalue weighted by Crippen LogP contribution is -2.28. The number of ether oxygens (including phenoxy) is 1. The Hall–Kier alpha value is -2.10. The Kier molecular flexibility index (Phi) is 2.49. The summed E-state index contributed by atoms with van der Waals surface area (Å²) in [5.41, 5.74) is 1.30. The van der Waals surface area contributed by atoms with E-state index in [9.17, 15) is 5.21 Å². The molecule has 0 bridgehead atoms. The van der Waals surface area contributed by atoms with E-state index in [1.54, 1.807) is 13.2 Å². The molecule has 0 aliphatic carbocycles. The third-order valence-electron chi connectivity index (χ3n) is 2.09. The predicted molar refractivity (Wildman–Crippen MR) is 55.2 cm³/mol. The van der Waals surface area contributed by atoms with Gasteiger partial charge in [-0.1, -0.05) is 6.07 Å². The van der Waals surface area contributed by atoms with Crippen LogP contribution in [0, 0.1) is 5.21 Å². The van der Waals surface area contributed by atoms with Crippen LogP contribution in [0.15, 0.2) is 42.9 Å². The molecule has 76 valence electrons. The van der Waals surface area contributed by atoms with Gasteiger partial charge in [0.05, 0.1) is 18.9 Å². The molecule has 1 heterocycles. The molecule has 1 aromatic carbocycles. The van der Waals surface area contributed by atoms with Crippen molar-refractivity contribution in [2.45, 2.75) is 0 Å². The SMILES string of the molecule is COc1cccc(-c2cncc[n+]2[O-])c1. The summed E-state index contributed by atoms with van der Waals surface area (Å²) in [5, 5.41) is 11.5. The highest BCUT2D eigenvalue weighted by Gasteiger charge is 2.08. The van der Waals surface area contributed by atoms with Gasteiger partial charge in [-0.2, -0.15) is 4.73 Å². The summed E-state index contributed by atoms with van der Waals surface area (Å²) in [6, 6.07) is 7.30. The maximum absolute atomic E-state index is 11.5. The van der Waals surface area contributed by atoms with Crippen LogP contribution >= 0.6 is 0 Å². The van der Waals surface area contributed by atoms with Crippen LogP contribution < -0.4 is 9.47 Å². The molecule has 0 aliphatic rings. The van der Waals surface area contributed by atoms with Crippen LogP contribution in [0.25, 0.3) is 11.3 Å². The topological polar surface area (TPSA) is 49.1 Å². The second kappa shape index (κ2) is 3.96. The molecule has 0 saturated carbocycles. The number of benzene rings is 1. The normalized spacial score (nSPS) is 9.93. The lowest BCUT2D eigenvalue weighted by Gasteiger charge is -2.04. The van der Waals surface area contributed by atoms with Crippen molar-refractivity contribution in [2.24, 2.45) is 0 Å². The first-order valence-corrected chi connectivity index (χ1v) is 4.49. The zero-order valence-corrected chi connectivity index (χ0v) is 8.25. The monoisotopic (exact) mass is 202 g/mol. The van der Waals surface area contributed by atoms with Crippen LogP contribution in [0.1, 0.15) is 0 Å². The number of methoxy groups -OCH3 is 1. The number of hydrogen-bond acceptors (Lipinski definition) is 3. The Bertz CT molecular complexity index is 472. The predicted octanol–water partition coefficient (Wildman–Crippen LogP) is 1.39. The highest BCUT2D eigenvalue weighted by molar-refractivity contribution is 5.57. The summed E-state index contributed by atoms with van der Waals surface area (Å²) in [7, 11) is 1.59. The van der Waals surface area contributed by atoms with Gasteiger partial charge in [-0.3, -0.25) is 4.98 Å². The number of aromatic nitrogens is 2. The minimum Gasteiger partial charge on any atom is -0.618 e. The molecule has 15 heavy (non-hydrogen) atoms. The smallest absolute Gasteiger partial charge is 0.242 e. The second-order valence-electron chi connectivity index (χ2n) is 3.02. The zero-order valence-electron chi connectivity index (χ0n) is 8.25. The summed E-state index contributed by atoms with van der Waals surface area (Å²) in [4.78, 5) is 3.92. The first-order chi connectivity index (χ1) is 7.31. The van der Waals surface area contributed by atoms with Crippen molar-refractivity contribution in [3.8, 4) is 17.0 Å². The molecule has 0 N–H and O–H groups in total. The molecule has 2 aromatic rings. The summed E-state index contributed by atoms with van der Waals surface area (Å²) in [6.45, 7) is 0. The van der Waals surface area contributed by atoms with Crippen molar-refractivity contribution in [2.75, 3.05) is 7.11 Å². The van der Waals surface area contributed by atoms with E-state index in [-0.39, 0.29) is 0 Å². The molecule has 0 aliphatic heterocycles. The first-order valence-electron chi connectivity index (χ1n) is 4.49. The first kappa shape index (κ1) is 9.45. The average molecular weight is 202 g/mol. The number of nitrogens with zero attached hydrogens (tertiary/aromatic N) is 2. The molecule has 4 nitrogen and oxygen atoms in total. The van der Waals surface area contributed by atoms with Crippen LogP contribution in [0.5, 0.6) is 5.75 Å². The van der Waals surface area contributed by atoms with Gasteiger partial charge in [0.1, 0.15) is 11.9 Å². The molecule has 2 rings (SSSR count). The Morgan fingerprint density at radius 1 is 1.40 bits per heavy atom. The van der Waals surface area contributed by atoms with E-state index in [1.807, 2.05) is 18.2 Å². The Morgan fingerprint density at radius 3 is 3.00 bits per heavy atom. The molecule has 0 unspecified atom stereocenters. The van der Waals surface area contributed by atoms with Gasteiger partial charge in [0.15, 0.2) is 6.20 Å². The van der Waals surface area contributed by atoms with Crippen LogP contribution in [-0.2, 0) is 0 Å². The Labute approximate surface area is 87.4 Å². The maximum atomic E-state index is 11.5. The van der Waals surface area contributed by atoms with Crippen molar-refractivity contribution in [1.82, 2.24) is 4.98 Å². The van der Waals surface area contributed by atoms with Crippen LogP contribution in [0.2, 0.25) is 0 Å². The van der Waals surface area contributed by atoms with E-state index >= 15 is 0 Å². The standard InChI is InChI=1S/C11H10N2O2/c1-15-10-4-2-3-9(7-10)11-8-12-5-6-13(11)14/h2-8H,1H3. The fraction of sp³-hybridized carbons (Fsp3) is 0.0909. The molecule has 0 radical (unpaired) electrons. The molecule has 0 atom stereocenters. The van der Waals surface area contributed by atoms with Gasteiger partial charge in [0.2, 0.25) is 5.69 Å². The van der Waals surface area contributed by atoms with E-state index in [1.165, 1.54) is 18.6 Å². The van der Waals surface area contributed by atoms with Crippen molar-refractivity contribution >= 4 is 0 Å². The van der Waals surface area contributed by atoms with E-state index in [0.29, 0.717) is 5.69 Å². The third-order valence-corrected chi connectivity index (χ3v) is 2.09. The maximum Gasteiger partial charge on any atom is 0.242 e. The largest absolute Gasteiger partial charge is 0.618 e. The third kappa shape index (κ3) is 1.88. The second-order valence-corrected chi connectivity index (χ2v) is 3.02. The Balaban J connectivity index is 2.49. The van der Waals surface area contributed by atoms with Gasteiger partial charge >= 0.3 is 0 Å². The number of rotatable bonds is 2. The summed E-state index contributed by atoms with van der Waals surface area (Å²) < 4.78 is 5.86. The van der Waals surface area contributed by atoms with Crippen molar-refractivity contribution in [1.29, 1.82) is 0 Å². The molecular formula is C11H10N2O2.